The van der Waals surface area contributed by atoms with Crippen LogP contribution in [0.25, 0.3) is 21.3 Å². The average molecular weight is 447 g/mol. The number of nitrogens with zero attached hydrogens (tertiary/aromatic N) is 2. The second-order valence-corrected chi connectivity index (χ2v) is 8.71. The lowest BCUT2D eigenvalue weighted by Crippen LogP contribution is -2.44. The zero-order chi connectivity index (χ0) is 22.7. The van der Waals surface area contributed by atoms with Gasteiger partial charge < -0.3 is 15.7 Å². The Labute approximate surface area is 189 Å². The van der Waals surface area contributed by atoms with Gasteiger partial charge in [0.15, 0.2) is 5.13 Å². The number of benzene rings is 2. The normalized spacial score (nSPS) is 12.0. The number of carboxylic acids is 1. The van der Waals surface area contributed by atoms with Crippen molar-refractivity contribution in [2.75, 3.05) is 5.32 Å². The Hall–Kier alpha value is -3.78. The minimum atomic E-state index is -1.04. The number of carbonyl (C=O) groups excluding carboxylic acids is 1. The van der Waals surface area contributed by atoms with Gasteiger partial charge in [-0.3, -0.25) is 9.78 Å². The van der Waals surface area contributed by atoms with Gasteiger partial charge in [0.1, 0.15) is 11.6 Å². The molecule has 0 aliphatic rings. The summed E-state index contributed by atoms with van der Waals surface area (Å²) in [6.45, 7) is 3.52. The van der Waals surface area contributed by atoms with Crippen molar-refractivity contribution in [2.24, 2.45) is 5.92 Å². The first-order valence-corrected chi connectivity index (χ1v) is 10.9. The van der Waals surface area contributed by atoms with Gasteiger partial charge in [-0.2, -0.15) is 0 Å². The molecule has 4 rings (SSSR count). The summed E-state index contributed by atoms with van der Waals surface area (Å²) in [5.41, 5.74) is 4.16. The zero-order valence-corrected chi connectivity index (χ0v) is 18.4. The third-order valence-corrected chi connectivity index (χ3v) is 5.98. The number of aliphatic carboxylic acids is 1. The van der Waals surface area contributed by atoms with Crippen LogP contribution in [0, 0.1) is 5.92 Å². The molecule has 2 heterocycles. The molecule has 1 atom stereocenters. The molecule has 7 nitrogen and oxygen atoms in total. The van der Waals surface area contributed by atoms with Gasteiger partial charge in [0.2, 0.25) is 0 Å². The molecule has 0 fully saturated rings. The lowest BCUT2D eigenvalue weighted by Gasteiger charge is -2.18. The van der Waals surface area contributed by atoms with Crippen LogP contribution in [0.2, 0.25) is 0 Å². The van der Waals surface area contributed by atoms with Crippen LogP contribution in [0.1, 0.15) is 24.2 Å². The van der Waals surface area contributed by atoms with Crippen molar-refractivity contribution in [3.8, 4) is 11.1 Å². The van der Waals surface area contributed by atoms with E-state index in [1.807, 2.05) is 42.5 Å². The predicted molar refractivity (Wildman–Crippen MR) is 126 cm³/mol. The minimum Gasteiger partial charge on any atom is -0.480 e. The molecule has 3 N–H and O–H groups in total. The summed E-state index contributed by atoms with van der Waals surface area (Å²) < 4.78 is 1.08. The van der Waals surface area contributed by atoms with Gasteiger partial charge in [0, 0.05) is 17.4 Å². The second-order valence-electron chi connectivity index (χ2n) is 7.68. The van der Waals surface area contributed by atoms with Crippen LogP contribution in [0.5, 0.6) is 0 Å². The number of carbonyl (C=O) groups is 2. The number of aromatic nitrogens is 2. The van der Waals surface area contributed by atoms with Gasteiger partial charge in [-0.1, -0.05) is 49.4 Å². The van der Waals surface area contributed by atoms with Gasteiger partial charge in [-0.15, -0.1) is 0 Å². The van der Waals surface area contributed by atoms with Crippen molar-refractivity contribution in [2.45, 2.75) is 19.9 Å². The van der Waals surface area contributed by atoms with Crippen molar-refractivity contribution >= 4 is 44.2 Å². The Morgan fingerprint density at radius 3 is 2.22 bits per heavy atom. The topological polar surface area (TPSA) is 104 Å². The summed E-state index contributed by atoms with van der Waals surface area (Å²) in [7, 11) is 0. The number of hydrogen-bond donors (Lipinski definition) is 3. The smallest absolute Gasteiger partial charge is 0.326 e. The fraction of sp³-hybridized carbons (Fsp3) is 0.167. The number of pyridine rings is 1. The second kappa shape index (κ2) is 9.15. The Bertz CT molecular complexity index is 1220. The molecule has 1 amide bonds. The summed E-state index contributed by atoms with van der Waals surface area (Å²) in [5.74, 6) is -1.65. The van der Waals surface area contributed by atoms with Crippen LogP contribution in [0.3, 0.4) is 0 Å². The van der Waals surface area contributed by atoms with Crippen LogP contribution in [-0.4, -0.2) is 33.0 Å². The van der Waals surface area contributed by atoms with Crippen LogP contribution in [0.15, 0.2) is 67.0 Å². The highest BCUT2D eigenvalue weighted by Crippen LogP contribution is 2.29. The molecule has 4 aromatic rings. The van der Waals surface area contributed by atoms with E-state index >= 15 is 0 Å². The van der Waals surface area contributed by atoms with Gasteiger partial charge in [-0.25, -0.2) is 9.78 Å². The minimum absolute atomic E-state index is 0.206. The predicted octanol–water partition coefficient (Wildman–Crippen LogP) is 4.94. The fourth-order valence-electron chi connectivity index (χ4n) is 3.26. The molecule has 0 aliphatic heterocycles. The number of anilines is 2. The van der Waals surface area contributed by atoms with Gasteiger partial charge in [-0.05, 0) is 47.4 Å². The summed E-state index contributed by atoms with van der Waals surface area (Å²) in [5, 5.41) is 15.9. The first-order valence-electron chi connectivity index (χ1n) is 10.1. The molecule has 2 aromatic heterocycles. The maximum atomic E-state index is 12.4. The maximum Gasteiger partial charge on any atom is 0.326 e. The van der Waals surface area contributed by atoms with E-state index in [1.165, 1.54) is 0 Å². The van der Waals surface area contributed by atoms with E-state index in [2.05, 4.69) is 20.6 Å². The molecule has 0 saturated carbocycles. The summed E-state index contributed by atoms with van der Waals surface area (Å²) >= 11 is 1.57. The van der Waals surface area contributed by atoms with Crippen LogP contribution in [-0.2, 0) is 4.79 Å². The van der Waals surface area contributed by atoms with Crippen molar-refractivity contribution < 1.29 is 14.7 Å². The van der Waals surface area contributed by atoms with Crippen molar-refractivity contribution in [3.05, 3.63) is 72.6 Å². The van der Waals surface area contributed by atoms with E-state index in [4.69, 9.17) is 0 Å². The maximum absolute atomic E-state index is 12.4. The summed E-state index contributed by atoms with van der Waals surface area (Å²) in [6, 6.07) is 16.0. The van der Waals surface area contributed by atoms with Crippen LogP contribution in [0.4, 0.5) is 10.8 Å². The van der Waals surface area contributed by atoms with E-state index in [0.717, 1.165) is 32.2 Å². The van der Waals surface area contributed by atoms with Crippen molar-refractivity contribution in [3.63, 3.8) is 0 Å². The number of carboxylic acid groups (broad SMARTS) is 1. The number of hydrogen-bond acceptors (Lipinski definition) is 6. The standard InChI is InChI=1S/C24H22N4O3S/c1-14(2)21(23(30)31)28-22(29)17-5-3-15(4-6-17)16-7-9-18(10-8-16)26-24-27-19-13-25-12-11-20(19)32-24/h3-14,21H,1-2H3,(H,26,27)(H,28,29)(H,30,31)/t21-/m0/s1. The van der Waals surface area contributed by atoms with Gasteiger partial charge >= 0.3 is 5.97 Å². The average Bonchev–Trinajstić information content (AvgIpc) is 3.20. The molecule has 162 valence electrons. The molecular formula is C24H22N4O3S. The lowest BCUT2D eigenvalue weighted by molar-refractivity contribution is -0.140. The molecule has 0 radical (unpaired) electrons. The summed E-state index contributed by atoms with van der Waals surface area (Å²) in [6.07, 6.45) is 3.50. The van der Waals surface area contributed by atoms with E-state index in [9.17, 15) is 14.7 Å². The van der Waals surface area contributed by atoms with Gasteiger partial charge in [0.05, 0.1) is 10.9 Å². The van der Waals surface area contributed by atoms with E-state index in [-0.39, 0.29) is 5.92 Å². The quantitative estimate of drug-likeness (QED) is 0.371. The highest BCUT2D eigenvalue weighted by atomic mass is 32.1. The molecule has 8 heteroatoms. The summed E-state index contributed by atoms with van der Waals surface area (Å²) in [4.78, 5) is 32.3. The number of rotatable bonds is 7. The fourth-order valence-corrected chi connectivity index (χ4v) is 4.11. The SMILES string of the molecule is CC(C)[C@H](NC(=O)c1ccc(-c2ccc(Nc3nc4cnccc4s3)cc2)cc1)C(=O)O. The Morgan fingerprint density at radius 1 is 0.969 bits per heavy atom. The first kappa shape index (κ1) is 21.5. The van der Waals surface area contributed by atoms with E-state index in [0.29, 0.717) is 5.56 Å². The number of thiazole rings is 1. The molecule has 32 heavy (non-hydrogen) atoms. The zero-order valence-electron chi connectivity index (χ0n) is 17.6. The molecule has 0 aliphatic carbocycles. The largest absolute Gasteiger partial charge is 0.480 e. The van der Waals surface area contributed by atoms with Crippen LogP contribution < -0.4 is 10.6 Å². The highest BCUT2D eigenvalue weighted by Gasteiger charge is 2.23. The number of nitrogens with one attached hydrogen (secondary N) is 2. The molecule has 0 bridgehead atoms. The molecule has 0 spiro atoms. The lowest BCUT2D eigenvalue weighted by atomic mass is 10.0. The Balaban J connectivity index is 1.43. The first-order chi connectivity index (χ1) is 15.4. The molecular weight excluding hydrogens is 424 g/mol. The van der Waals surface area contributed by atoms with E-state index < -0.39 is 17.9 Å². The van der Waals surface area contributed by atoms with Crippen molar-refractivity contribution in [1.29, 1.82) is 0 Å². The Kier molecular flexibility index (Phi) is 6.13. The van der Waals surface area contributed by atoms with Crippen molar-refractivity contribution in [1.82, 2.24) is 15.3 Å². The number of fused-ring (bicyclic) bond motifs is 1. The van der Waals surface area contributed by atoms with Gasteiger partial charge in [0.25, 0.3) is 5.91 Å². The monoisotopic (exact) mass is 446 g/mol. The molecule has 2 aromatic carbocycles. The molecule has 0 unspecified atom stereocenters. The molecule has 0 saturated heterocycles. The van der Waals surface area contributed by atoms with E-state index in [1.54, 1.807) is 49.7 Å². The highest BCUT2D eigenvalue weighted by molar-refractivity contribution is 7.22. The van der Waals surface area contributed by atoms with Crippen LogP contribution >= 0.6 is 11.3 Å². The third-order valence-electron chi connectivity index (χ3n) is 5.03. The Morgan fingerprint density at radius 2 is 1.62 bits per heavy atom. The number of amides is 1. The third kappa shape index (κ3) is 4.76.